The first-order valence-electron chi connectivity index (χ1n) is 7.09. The molecular weight excluding hydrogens is 347 g/mol. The Hall–Kier alpha value is -0.680. The normalized spacial score (nSPS) is 16.8. The van der Waals surface area contributed by atoms with Crippen molar-refractivity contribution < 1.29 is 9.53 Å². The summed E-state index contributed by atoms with van der Waals surface area (Å²) >= 11 is 11.9. The Kier molecular flexibility index (Phi) is 7.77. The van der Waals surface area contributed by atoms with Crippen LogP contribution in [0.4, 0.5) is 0 Å². The van der Waals surface area contributed by atoms with Crippen LogP contribution >= 0.6 is 35.6 Å². The minimum Gasteiger partial charge on any atom is -0.479 e. The van der Waals surface area contributed by atoms with Crippen LogP contribution in [0.15, 0.2) is 18.2 Å². The minimum absolute atomic E-state index is 0. The molecule has 0 radical (unpaired) electrons. The van der Waals surface area contributed by atoms with E-state index in [2.05, 4.69) is 5.32 Å². The maximum absolute atomic E-state index is 12.4. The average molecular weight is 368 g/mol. The van der Waals surface area contributed by atoms with E-state index in [4.69, 9.17) is 27.9 Å². The van der Waals surface area contributed by atoms with Crippen molar-refractivity contribution in [2.75, 3.05) is 20.1 Å². The second kappa shape index (κ2) is 8.82. The van der Waals surface area contributed by atoms with E-state index in [0.29, 0.717) is 21.8 Å². The number of nitrogens with one attached hydrogen (secondary N) is 1. The third-order valence-corrected chi connectivity index (χ3v) is 4.29. The molecule has 1 amide bonds. The lowest BCUT2D eigenvalue weighted by molar-refractivity contribution is -0.139. The van der Waals surface area contributed by atoms with Gasteiger partial charge in [-0.1, -0.05) is 23.2 Å². The minimum atomic E-state index is -0.560. The summed E-state index contributed by atoms with van der Waals surface area (Å²) in [5, 5.41) is 4.20. The van der Waals surface area contributed by atoms with Crippen molar-refractivity contribution in [3.8, 4) is 5.75 Å². The molecule has 0 aromatic heterocycles. The Bertz CT molecular complexity index is 506. The SMILES string of the molecule is CNC1CCN(C(=O)C(C)Oc2ccc(Cl)cc2Cl)CC1.Cl. The zero-order chi connectivity index (χ0) is 15.4. The molecule has 1 aromatic carbocycles. The zero-order valence-electron chi connectivity index (χ0n) is 12.6. The van der Waals surface area contributed by atoms with Crippen molar-refractivity contribution in [2.24, 2.45) is 0 Å². The molecule has 2 rings (SSSR count). The lowest BCUT2D eigenvalue weighted by atomic mass is 10.0. The molecule has 1 unspecified atom stereocenters. The number of piperidine rings is 1. The Labute approximate surface area is 147 Å². The molecule has 1 heterocycles. The predicted molar refractivity (Wildman–Crippen MR) is 92.5 cm³/mol. The molecule has 22 heavy (non-hydrogen) atoms. The van der Waals surface area contributed by atoms with E-state index in [1.54, 1.807) is 25.1 Å². The fourth-order valence-corrected chi connectivity index (χ4v) is 2.91. The van der Waals surface area contributed by atoms with Gasteiger partial charge in [-0.25, -0.2) is 0 Å². The lowest BCUT2D eigenvalue weighted by Crippen LogP contribution is -2.48. The predicted octanol–water partition coefficient (Wildman–Crippen LogP) is 3.39. The van der Waals surface area contributed by atoms with E-state index < -0.39 is 6.10 Å². The first-order chi connectivity index (χ1) is 10.0. The van der Waals surface area contributed by atoms with Gasteiger partial charge in [-0.15, -0.1) is 12.4 Å². The maximum atomic E-state index is 12.4. The van der Waals surface area contributed by atoms with Crippen molar-refractivity contribution >= 4 is 41.5 Å². The van der Waals surface area contributed by atoms with Gasteiger partial charge >= 0.3 is 0 Å². The van der Waals surface area contributed by atoms with E-state index in [1.807, 2.05) is 11.9 Å². The molecule has 1 aliphatic rings. The van der Waals surface area contributed by atoms with E-state index >= 15 is 0 Å². The third-order valence-electron chi connectivity index (χ3n) is 3.76. The lowest BCUT2D eigenvalue weighted by Gasteiger charge is -2.33. The van der Waals surface area contributed by atoms with E-state index in [-0.39, 0.29) is 18.3 Å². The van der Waals surface area contributed by atoms with Gasteiger partial charge in [-0.2, -0.15) is 0 Å². The van der Waals surface area contributed by atoms with Gasteiger partial charge in [0.1, 0.15) is 5.75 Å². The molecule has 0 saturated carbocycles. The van der Waals surface area contributed by atoms with Gasteiger partial charge in [0.15, 0.2) is 6.10 Å². The number of rotatable bonds is 4. The van der Waals surface area contributed by atoms with Crippen LogP contribution in [0.1, 0.15) is 19.8 Å². The van der Waals surface area contributed by atoms with Gasteiger partial charge in [0, 0.05) is 24.2 Å². The number of hydrogen-bond acceptors (Lipinski definition) is 3. The van der Waals surface area contributed by atoms with Gasteiger partial charge in [0.05, 0.1) is 5.02 Å². The van der Waals surface area contributed by atoms with Crippen LogP contribution in [-0.2, 0) is 4.79 Å². The fourth-order valence-electron chi connectivity index (χ4n) is 2.46. The van der Waals surface area contributed by atoms with Gasteiger partial charge in [0.25, 0.3) is 5.91 Å². The Morgan fingerprint density at radius 3 is 2.55 bits per heavy atom. The largest absolute Gasteiger partial charge is 0.479 e. The zero-order valence-corrected chi connectivity index (χ0v) is 15.0. The molecule has 1 fully saturated rings. The van der Waals surface area contributed by atoms with Gasteiger partial charge in [0.2, 0.25) is 0 Å². The molecular formula is C15H21Cl3N2O2. The number of carbonyl (C=O) groups is 1. The second-order valence-electron chi connectivity index (χ2n) is 5.22. The molecule has 124 valence electrons. The number of likely N-dealkylation sites (tertiary alicyclic amines) is 1. The van der Waals surface area contributed by atoms with Crippen LogP contribution in [0, 0.1) is 0 Å². The number of nitrogens with zero attached hydrogens (tertiary/aromatic N) is 1. The molecule has 0 aliphatic carbocycles. The number of amides is 1. The number of benzene rings is 1. The smallest absolute Gasteiger partial charge is 0.263 e. The van der Waals surface area contributed by atoms with Crippen molar-refractivity contribution in [1.29, 1.82) is 0 Å². The van der Waals surface area contributed by atoms with Gasteiger partial charge < -0.3 is 15.0 Å². The summed E-state index contributed by atoms with van der Waals surface area (Å²) < 4.78 is 5.67. The van der Waals surface area contributed by atoms with Crippen LogP contribution in [0.3, 0.4) is 0 Å². The highest BCUT2D eigenvalue weighted by atomic mass is 35.5. The van der Waals surface area contributed by atoms with Crippen LogP contribution in [0.25, 0.3) is 0 Å². The van der Waals surface area contributed by atoms with Gasteiger partial charge in [-0.3, -0.25) is 4.79 Å². The summed E-state index contributed by atoms with van der Waals surface area (Å²) in [5.74, 6) is 0.475. The highest BCUT2D eigenvalue weighted by molar-refractivity contribution is 6.35. The molecule has 0 spiro atoms. The first-order valence-corrected chi connectivity index (χ1v) is 7.84. The van der Waals surface area contributed by atoms with Gasteiger partial charge in [-0.05, 0) is 45.0 Å². The summed E-state index contributed by atoms with van der Waals surface area (Å²) in [6, 6.07) is 5.48. The molecule has 1 atom stereocenters. The Balaban J connectivity index is 0.00000242. The quantitative estimate of drug-likeness (QED) is 0.887. The Morgan fingerprint density at radius 1 is 1.36 bits per heavy atom. The second-order valence-corrected chi connectivity index (χ2v) is 6.07. The average Bonchev–Trinajstić information content (AvgIpc) is 2.49. The van der Waals surface area contributed by atoms with Crippen LogP contribution < -0.4 is 10.1 Å². The molecule has 0 bridgehead atoms. The molecule has 4 nitrogen and oxygen atoms in total. The van der Waals surface area contributed by atoms with Crippen molar-refractivity contribution in [3.63, 3.8) is 0 Å². The van der Waals surface area contributed by atoms with Crippen LogP contribution in [0.5, 0.6) is 5.75 Å². The fraction of sp³-hybridized carbons (Fsp3) is 0.533. The number of carbonyl (C=O) groups excluding carboxylic acids is 1. The number of hydrogen-bond donors (Lipinski definition) is 1. The summed E-state index contributed by atoms with van der Waals surface area (Å²) in [4.78, 5) is 14.2. The maximum Gasteiger partial charge on any atom is 0.263 e. The highest BCUT2D eigenvalue weighted by Gasteiger charge is 2.26. The van der Waals surface area contributed by atoms with E-state index in [9.17, 15) is 4.79 Å². The number of ether oxygens (including phenoxy) is 1. The molecule has 1 N–H and O–H groups in total. The monoisotopic (exact) mass is 366 g/mol. The first kappa shape index (κ1) is 19.4. The van der Waals surface area contributed by atoms with Crippen LogP contribution in [-0.4, -0.2) is 43.1 Å². The summed E-state index contributed by atoms with van der Waals surface area (Å²) in [6.07, 6.45) is 1.38. The molecule has 1 saturated heterocycles. The molecule has 1 aliphatic heterocycles. The van der Waals surface area contributed by atoms with Crippen molar-refractivity contribution in [1.82, 2.24) is 10.2 Å². The molecule has 1 aromatic rings. The van der Waals surface area contributed by atoms with Crippen molar-refractivity contribution in [2.45, 2.75) is 31.9 Å². The van der Waals surface area contributed by atoms with Crippen LogP contribution in [0.2, 0.25) is 10.0 Å². The highest BCUT2D eigenvalue weighted by Crippen LogP contribution is 2.28. The number of halogens is 3. The summed E-state index contributed by atoms with van der Waals surface area (Å²) in [7, 11) is 1.95. The summed E-state index contributed by atoms with van der Waals surface area (Å²) in [5.41, 5.74) is 0. The summed E-state index contributed by atoms with van der Waals surface area (Å²) in [6.45, 7) is 3.26. The van der Waals surface area contributed by atoms with E-state index in [0.717, 1.165) is 25.9 Å². The third kappa shape index (κ3) is 4.92. The molecule has 7 heteroatoms. The van der Waals surface area contributed by atoms with E-state index in [1.165, 1.54) is 0 Å². The Morgan fingerprint density at radius 2 is 2.00 bits per heavy atom. The topological polar surface area (TPSA) is 41.6 Å². The van der Waals surface area contributed by atoms with Crippen molar-refractivity contribution in [3.05, 3.63) is 28.2 Å². The standard InChI is InChI=1S/C15H20Cl2N2O2.ClH/c1-10(21-14-4-3-11(16)9-13(14)17)15(20)19-7-5-12(18-2)6-8-19;/h3-4,9-10,12,18H,5-8H2,1-2H3;1H.